The molecule has 12 nitrogen and oxygen atoms in total. The van der Waals surface area contributed by atoms with Gasteiger partial charge in [-0.3, -0.25) is 0 Å². The van der Waals surface area contributed by atoms with Crippen LogP contribution in [-0.2, 0) is 23.7 Å². The minimum atomic E-state index is -1.55. The Kier molecular flexibility index (Phi) is 8.77. The summed E-state index contributed by atoms with van der Waals surface area (Å²) in [5.41, 5.74) is 0. The van der Waals surface area contributed by atoms with Gasteiger partial charge >= 0.3 is 0 Å². The number of ether oxygens (including phenoxy) is 6. The van der Waals surface area contributed by atoms with Gasteiger partial charge < -0.3 is 59.1 Å². The van der Waals surface area contributed by atoms with Gasteiger partial charge in [-0.25, -0.2) is 0 Å². The van der Waals surface area contributed by atoms with Crippen molar-refractivity contribution >= 4 is 0 Å². The minimum Gasteiger partial charge on any atom is -0.427 e. The average molecular weight is 536 g/mol. The molecule has 12 heteroatoms. The van der Waals surface area contributed by atoms with E-state index < -0.39 is 67.8 Å². The first-order valence-corrected chi connectivity index (χ1v) is 13.5. The third-order valence-corrected chi connectivity index (χ3v) is 9.35. The Balaban J connectivity index is 1.45. The van der Waals surface area contributed by atoms with Gasteiger partial charge in [0.2, 0.25) is 0 Å². The zero-order valence-corrected chi connectivity index (χ0v) is 21.4. The fraction of sp³-hybridized carbons (Fsp3) is 1.00. The normalized spacial score (nSPS) is 54.5. The molecule has 2 saturated carbocycles. The number of aliphatic hydroxyl groups is 8. The highest BCUT2D eigenvalue weighted by Crippen LogP contribution is 2.49. The summed E-state index contributed by atoms with van der Waals surface area (Å²) in [6.07, 6.45) is -7.53. The van der Waals surface area contributed by atoms with Crippen LogP contribution in [0.2, 0.25) is 0 Å². The van der Waals surface area contributed by atoms with Crippen molar-refractivity contribution in [3.05, 3.63) is 0 Å². The average Bonchev–Trinajstić information content (AvgIpc) is 2.90. The van der Waals surface area contributed by atoms with Crippen molar-refractivity contribution in [2.75, 3.05) is 27.4 Å². The molecule has 0 amide bonds. The SMILES string of the molecule is COC1CC(C2[OH+]C3CC(O)CC4OCCC(C2O[C@@H]2O[C@H](CO)[C@@H](O)[C@H](O)[C@H]2O)C43)CC(OC)C1O. The molecule has 214 valence electrons. The van der Waals surface area contributed by atoms with Crippen molar-refractivity contribution in [1.29, 1.82) is 0 Å². The zero-order chi connectivity index (χ0) is 26.4. The number of hydrogen-bond acceptors (Lipinski definition) is 11. The Morgan fingerprint density at radius 1 is 0.865 bits per heavy atom. The van der Waals surface area contributed by atoms with Crippen LogP contribution in [-0.4, -0.2) is 142 Å². The molecule has 5 rings (SSSR count). The summed E-state index contributed by atoms with van der Waals surface area (Å²) in [4.78, 5) is 0. The molecule has 5 fully saturated rings. The predicted molar refractivity (Wildman–Crippen MR) is 125 cm³/mol. The lowest BCUT2D eigenvalue weighted by Crippen LogP contribution is -2.67. The second-order valence-electron chi connectivity index (χ2n) is 11.3. The monoisotopic (exact) mass is 535 g/mol. The topological polar surface area (TPSA) is 180 Å². The van der Waals surface area contributed by atoms with E-state index in [9.17, 15) is 30.6 Å². The smallest absolute Gasteiger partial charge is 0.187 e. The van der Waals surface area contributed by atoms with Gasteiger partial charge in [-0.15, -0.1) is 0 Å². The van der Waals surface area contributed by atoms with Crippen LogP contribution >= 0.6 is 0 Å². The Hall–Kier alpha value is -0.480. The minimum absolute atomic E-state index is 0.0139. The molecule has 0 aromatic carbocycles. The largest absolute Gasteiger partial charge is 0.427 e. The molecular weight excluding hydrogens is 492 g/mol. The van der Waals surface area contributed by atoms with Crippen LogP contribution < -0.4 is 0 Å². The number of aliphatic hydroxyl groups excluding tert-OH is 6. The van der Waals surface area contributed by atoms with Crippen LogP contribution in [0.4, 0.5) is 0 Å². The van der Waals surface area contributed by atoms with Gasteiger partial charge in [-0.2, -0.15) is 0 Å². The molecule has 9 unspecified atom stereocenters. The molecular formula is C25H43O12+. The van der Waals surface area contributed by atoms with Gasteiger partial charge in [0.1, 0.15) is 36.6 Å². The summed E-state index contributed by atoms with van der Waals surface area (Å²) in [5, 5.41) is 62.2. The maximum atomic E-state index is 10.7. The molecule has 0 radical (unpaired) electrons. The molecule has 5 aliphatic rings. The fourth-order valence-electron chi connectivity index (χ4n) is 7.46. The highest BCUT2D eigenvalue weighted by atomic mass is 16.7. The first kappa shape index (κ1) is 28.1. The lowest BCUT2D eigenvalue weighted by molar-refractivity contribution is -0.377. The summed E-state index contributed by atoms with van der Waals surface area (Å²) in [7, 11) is 3.11. The molecule has 3 aliphatic heterocycles. The Bertz CT molecular complexity index is 741. The number of hydrogen-bond donors (Lipinski definition) is 6. The zero-order valence-electron chi connectivity index (χ0n) is 21.4. The number of methoxy groups -OCH3 is 2. The molecule has 2 aliphatic carbocycles. The van der Waals surface area contributed by atoms with Crippen molar-refractivity contribution < 1.29 is 59.1 Å². The van der Waals surface area contributed by atoms with E-state index in [1.54, 1.807) is 14.2 Å². The Morgan fingerprint density at radius 2 is 1.57 bits per heavy atom. The molecule has 7 N–H and O–H groups in total. The maximum absolute atomic E-state index is 10.7. The van der Waals surface area contributed by atoms with Gasteiger partial charge in [-0.05, 0) is 19.3 Å². The van der Waals surface area contributed by atoms with Crippen LogP contribution in [0, 0.1) is 17.8 Å². The third kappa shape index (κ3) is 5.21. The Labute approximate surface area is 216 Å². The molecule has 3 heterocycles. The highest BCUT2D eigenvalue weighted by molar-refractivity contribution is 5.04. The Morgan fingerprint density at radius 3 is 2.22 bits per heavy atom. The van der Waals surface area contributed by atoms with Crippen molar-refractivity contribution in [2.45, 2.75) is 112 Å². The lowest BCUT2D eigenvalue weighted by atomic mass is 9.65. The van der Waals surface area contributed by atoms with Crippen LogP contribution in [0.25, 0.3) is 0 Å². The standard InChI is InChI=1S/C25H42O12/c1-32-15-5-10(6-16(33-2)19(15)28)23-24(37-25-22(31)21(30)20(29)17(9-26)36-25)12-3-4-34-13-7-11(27)8-14(35-23)18(12)13/h10-31H,3-9H2,1-2H3/p+1/t10?,11?,12?,13?,14?,15?,16?,17-,18?,19?,20-,21+,22-,23?,24?,25+/m1/s1. The first-order valence-electron chi connectivity index (χ1n) is 13.5. The van der Waals surface area contributed by atoms with Gasteiger partial charge in [0.25, 0.3) is 0 Å². The van der Waals surface area contributed by atoms with E-state index in [0.29, 0.717) is 38.7 Å². The summed E-state index contributed by atoms with van der Waals surface area (Å²) < 4.78 is 34.6. The quantitative estimate of drug-likeness (QED) is 0.197. The van der Waals surface area contributed by atoms with Crippen LogP contribution in [0.3, 0.4) is 0 Å². The van der Waals surface area contributed by atoms with Crippen molar-refractivity contribution in [3.8, 4) is 0 Å². The first-order chi connectivity index (χ1) is 17.8. The van der Waals surface area contributed by atoms with Crippen molar-refractivity contribution in [3.63, 3.8) is 0 Å². The predicted octanol–water partition coefficient (Wildman–Crippen LogP) is -2.57. The van der Waals surface area contributed by atoms with Gasteiger partial charge in [-0.1, -0.05) is 0 Å². The molecule has 14 atom stereocenters. The van der Waals surface area contributed by atoms with Crippen LogP contribution in [0.1, 0.15) is 32.1 Å². The summed E-state index contributed by atoms with van der Waals surface area (Å²) >= 11 is 0. The fourth-order valence-corrected chi connectivity index (χ4v) is 7.46. The van der Waals surface area contributed by atoms with Gasteiger partial charge in [0, 0.05) is 45.5 Å². The number of rotatable bonds is 6. The van der Waals surface area contributed by atoms with Gasteiger partial charge in [0.05, 0.1) is 36.9 Å². The van der Waals surface area contributed by atoms with Crippen molar-refractivity contribution in [2.24, 2.45) is 17.8 Å². The van der Waals surface area contributed by atoms with E-state index in [1.807, 2.05) is 0 Å². The van der Waals surface area contributed by atoms with E-state index in [2.05, 4.69) is 0 Å². The van der Waals surface area contributed by atoms with Gasteiger partial charge in [0.15, 0.2) is 18.5 Å². The maximum Gasteiger partial charge on any atom is 0.187 e. The molecule has 3 saturated heterocycles. The van der Waals surface area contributed by atoms with Crippen LogP contribution in [0.15, 0.2) is 0 Å². The molecule has 0 spiro atoms. The second-order valence-corrected chi connectivity index (χ2v) is 11.3. The van der Waals surface area contributed by atoms with E-state index in [1.165, 1.54) is 0 Å². The van der Waals surface area contributed by atoms with E-state index in [0.717, 1.165) is 0 Å². The molecule has 0 aromatic rings. The molecule has 0 aromatic heterocycles. The van der Waals surface area contributed by atoms with Crippen LogP contribution in [0.5, 0.6) is 0 Å². The summed E-state index contributed by atoms with van der Waals surface area (Å²) in [6.45, 7) is -0.0476. The third-order valence-electron chi connectivity index (χ3n) is 9.35. The van der Waals surface area contributed by atoms with E-state index in [-0.39, 0.29) is 36.1 Å². The summed E-state index contributed by atoms with van der Waals surface area (Å²) in [6, 6.07) is 0. The molecule has 0 bridgehead atoms. The molecule has 37 heavy (non-hydrogen) atoms. The lowest BCUT2D eigenvalue weighted by Gasteiger charge is -2.54. The van der Waals surface area contributed by atoms with Crippen molar-refractivity contribution in [1.82, 2.24) is 0 Å². The summed E-state index contributed by atoms with van der Waals surface area (Å²) in [5.74, 6) is -0.0802. The van der Waals surface area contributed by atoms with E-state index >= 15 is 0 Å². The second kappa shape index (κ2) is 11.6. The highest BCUT2D eigenvalue weighted by Gasteiger charge is 2.61. The van der Waals surface area contributed by atoms with E-state index in [4.69, 9.17) is 28.4 Å².